The number of aryl methyl sites for hydroxylation is 1. The van der Waals surface area contributed by atoms with Crippen LogP contribution in [0.2, 0.25) is 0 Å². The lowest BCUT2D eigenvalue weighted by Crippen LogP contribution is -2.19. The summed E-state index contributed by atoms with van der Waals surface area (Å²) < 4.78 is 3.22. The molecule has 2 aromatic carbocycles. The summed E-state index contributed by atoms with van der Waals surface area (Å²) in [6.45, 7) is 3.12. The van der Waals surface area contributed by atoms with Crippen molar-refractivity contribution in [2.24, 2.45) is 5.10 Å². The van der Waals surface area contributed by atoms with E-state index in [0.717, 1.165) is 34.0 Å². The molecule has 0 spiro atoms. The first-order chi connectivity index (χ1) is 12.2. The van der Waals surface area contributed by atoms with Crippen molar-refractivity contribution >= 4 is 39.0 Å². The van der Waals surface area contributed by atoms with E-state index >= 15 is 0 Å². The maximum atomic E-state index is 12.0. The van der Waals surface area contributed by atoms with Gasteiger partial charge in [-0.3, -0.25) is 4.79 Å². The van der Waals surface area contributed by atoms with E-state index in [1.54, 1.807) is 6.21 Å². The number of benzene rings is 2. The quantitative estimate of drug-likeness (QED) is 0.482. The molecule has 0 aliphatic rings. The molecule has 4 nitrogen and oxygen atoms in total. The molecule has 0 radical (unpaired) electrons. The molecule has 3 aromatic rings. The number of nitrogens with one attached hydrogen (secondary N) is 1. The van der Waals surface area contributed by atoms with Gasteiger partial charge in [0.15, 0.2) is 0 Å². The number of carbonyl (C=O) groups is 1. The van der Waals surface area contributed by atoms with Gasteiger partial charge >= 0.3 is 0 Å². The number of nitrogens with zero attached hydrogens (tertiary/aromatic N) is 2. The molecule has 5 heteroatoms. The average Bonchev–Trinajstić information content (AvgIpc) is 2.96. The monoisotopic (exact) mass is 397 g/mol. The Morgan fingerprint density at radius 3 is 2.72 bits per heavy atom. The maximum absolute atomic E-state index is 12.0. The lowest BCUT2D eigenvalue weighted by Gasteiger charge is -2.01. The zero-order valence-electron chi connectivity index (χ0n) is 14.1. The summed E-state index contributed by atoms with van der Waals surface area (Å²) >= 11 is 3.39. The fourth-order valence-corrected chi connectivity index (χ4v) is 3.07. The first-order valence-electron chi connectivity index (χ1n) is 8.31. The Morgan fingerprint density at radius 2 is 1.96 bits per heavy atom. The van der Waals surface area contributed by atoms with Crippen molar-refractivity contribution in [2.45, 2.75) is 26.3 Å². The third-order valence-corrected chi connectivity index (χ3v) is 4.48. The number of carbonyl (C=O) groups excluding carboxylic acids is 1. The predicted molar refractivity (Wildman–Crippen MR) is 106 cm³/mol. The second kappa shape index (κ2) is 8.12. The summed E-state index contributed by atoms with van der Waals surface area (Å²) in [5.74, 6) is -0.129. The number of fused-ring (bicyclic) bond motifs is 1. The van der Waals surface area contributed by atoms with Crippen molar-refractivity contribution in [3.8, 4) is 0 Å². The van der Waals surface area contributed by atoms with Crippen LogP contribution in [0.25, 0.3) is 10.9 Å². The van der Waals surface area contributed by atoms with Crippen LogP contribution < -0.4 is 5.43 Å². The number of para-hydroxylation sites is 1. The molecule has 0 fully saturated rings. The van der Waals surface area contributed by atoms with Gasteiger partial charge in [-0.2, -0.15) is 5.10 Å². The van der Waals surface area contributed by atoms with Crippen molar-refractivity contribution < 1.29 is 4.79 Å². The predicted octanol–water partition coefficient (Wildman–Crippen LogP) is 4.51. The number of amides is 1. The SMILES string of the molecule is CCCn1cc(/C=N/NC(=O)Cc2ccc(Br)cc2)c2ccccc21. The van der Waals surface area contributed by atoms with Crippen LogP contribution in [0, 0.1) is 0 Å². The van der Waals surface area contributed by atoms with Gasteiger partial charge in [-0.25, -0.2) is 5.43 Å². The normalized spacial score (nSPS) is 11.3. The highest BCUT2D eigenvalue weighted by atomic mass is 79.9. The minimum Gasteiger partial charge on any atom is -0.347 e. The molecule has 0 atom stereocenters. The molecule has 3 rings (SSSR count). The van der Waals surface area contributed by atoms with Crippen molar-refractivity contribution in [1.82, 2.24) is 9.99 Å². The van der Waals surface area contributed by atoms with Gasteiger partial charge in [0.25, 0.3) is 0 Å². The molecule has 1 amide bonds. The largest absolute Gasteiger partial charge is 0.347 e. The highest BCUT2D eigenvalue weighted by Gasteiger charge is 2.06. The third kappa shape index (κ3) is 4.37. The fraction of sp³-hybridized carbons (Fsp3) is 0.200. The van der Waals surface area contributed by atoms with Crippen molar-refractivity contribution in [3.05, 3.63) is 70.3 Å². The topological polar surface area (TPSA) is 46.4 Å². The van der Waals surface area contributed by atoms with Gasteiger partial charge in [0.05, 0.1) is 12.6 Å². The molecule has 0 saturated heterocycles. The zero-order chi connectivity index (χ0) is 17.6. The first kappa shape index (κ1) is 17.4. The Morgan fingerprint density at radius 1 is 1.20 bits per heavy atom. The van der Waals surface area contributed by atoms with Crippen LogP contribution in [0.1, 0.15) is 24.5 Å². The van der Waals surface area contributed by atoms with Crippen LogP contribution in [0.4, 0.5) is 0 Å². The molecule has 0 aliphatic heterocycles. The summed E-state index contributed by atoms with van der Waals surface area (Å²) in [6.07, 6.45) is 5.17. The van der Waals surface area contributed by atoms with E-state index in [1.165, 1.54) is 5.52 Å². The van der Waals surface area contributed by atoms with E-state index in [2.05, 4.69) is 56.3 Å². The van der Waals surface area contributed by atoms with Gasteiger partial charge in [-0.15, -0.1) is 0 Å². The van der Waals surface area contributed by atoms with Crippen LogP contribution in [0.5, 0.6) is 0 Å². The first-order valence-corrected chi connectivity index (χ1v) is 9.11. The fourth-order valence-electron chi connectivity index (χ4n) is 2.80. The molecule has 1 heterocycles. The maximum Gasteiger partial charge on any atom is 0.244 e. The summed E-state index contributed by atoms with van der Waals surface area (Å²) in [7, 11) is 0. The molecule has 0 unspecified atom stereocenters. The summed E-state index contributed by atoms with van der Waals surface area (Å²) in [4.78, 5) is 12.0. The minimum absolute atomic E-state index is 0.129. The Labute approximate surface area is 155 Å². The van der Waals surface area contributed by atoms with Gasteiger partial charge < -0.3 is 4.57 Å². The standard InChI is InChI=1S/C20H20BrN3O/c1-2-11-24-14-16(18-5-3-4-6-19(18)24)13-22-23-20(25)12-15-7-9-17(21)10-8-15/h3-10,13-14H,2,11-12H2,1H3,(H,23,25)/b22-13+. The Hall–Kier alpha value is -2.40. The van der Waals surface area contributed by atoms with Gasteiger partial charge in [0.1, 0.15) is 0 Å². The number of rotatable bonds is 6. The number of aromatic nitrogens is 1. The molecular formula is C20H20BrN3O. The van der Waals surface area contributed by atoms with Crippen LogP contribution in [0.3, 0.4) is 0 Å². The number of hydrazone groups is 1. The molecule has 0 bridgehead atoms. The molecular weight excluding hydrogens is 378 g/mol. The van der Waals surface area contributed by atoms with Gasteiger partial charge in [0, 0.05) is 33.7 Å². The third-order valence-electron chi connectivity index (χ3n) is 3.95. The van der Waals surface area contributed by atoms with E-state index in [0.29, 0.717) is 6.42 Å². The zero-order valence-corrected chi connectivity index (χ0v) is 15.7. The van der Waals surface area contributed by atoms with Crippen molar-refractivity contribution in [1.29, 1.82) is 0 Å². The Bertz CT molecular complexity index is 897. The molecule has 0 saturated carbocycles. The average molecular weight is 398 g/mol. The number of halogens is 1. The molecule has 1 aromatic heterocycles. The van der Waals surface area contributed by atoms with Crippen molar-refractivity contribution in [3.63, 3.8) is 0 Å². The lowest BCUT2D eigenvalue weighted by molar-refractivity contribution is -0.120. The molecule has 128 valence electrons. The smallest absolute Gasteiger partial charge is 0.244 e. The second-order valence-electron chi connectivity index (χ2n) is 5.89. The summed E-state index contributed by atoms with van der Waals surface area (Å²) in [6, 6.07) is 15.9. The minimum atomic E-state index is -0.129. The highest BCUT2D eigenvalue weighted by Crippen LogP contribution is 2.20. The van der Waals surface area contributed by atoms with E-state index in [1.807, 2.05) is 36.4 Å². The number of hydrogen-bond acceptors (Lipinski definition) is 2. The van der Waals surface area contributed by atoms with Crippen LogP contribution in [-0.2, 0) is 17.8 Å². The van der Waals surface area contributed by atoms with Gasteiger partial charge in [-0.1, -0.05) is 53.2 Å². The van der Waals surface area contributed by atoms with Gasteiger partial charge in [-0.05, 0) is 30.2 Å². The summed E-state index contributed by atoms with van der Waals surface area (Å²) in [5, 5.41) is 5.27. The Balaban J connectivity index is 1.68. The van der Waals surface area contributed by atoms with E-state index in [9.17, 15) is 4.79 Å². The molecule has 25 heavy (non-hydrogen) atoms. The second-order valence-corrected chi connectivity index (χ2v) is 6.81. The van der Waals surface area contributed by atoms with E-state index in [-0.39, 0.29) is 5.91 Å². The van der Waals surface area contributed by atoms with Gasteiger partial charge in [0.2, 0.25) is 5.91 Å². The molecule has 0 aliphatic carbocycles. The number of hydrogen-bond donors (Lipinski definition) is 1. The van der Waals surface area contributed by atoms with E-state index < -0.39 is 0 Å². The molecule has 1 N–H and O–H groups in total. The van der Waals surface area contributed by atoms with Crippen LogP contribution >= 0.6 is 15.9 Å². The summed E-state index contributed by atoms with van der Waals surface area (Å²) in [5.41, 5.74) is 5.76. The van der Waals surface area contributed by atoms with Crippen LogP contribution in [-0.4, -0.2) is 16.7 Å². The highest BCUT2D eigenvalue weighted by molar-refractivity contribution is 9.10. The Kier molecular flexibility index (Phi) is 5.66. The van der Waals surface area contributed by atoms with E-state index in [4.69, 9.17) is 0 Å². The van der Waals surface area contributed by atoms with Crippen molar-refractivity contribution in [2.75, 3.05) is 0 Å². The van der Waals surface area contributed by atoms with Crippen LogP contribution in [0.15, 0.2) is 64.3 Å². The lowest BCUT2D eigenvalue weighted by atomic mass is 10.1.